The number of nitrogen functional groups attached to an aromatic ring is 1. The van der Waals surface area contributed by atoms with E-state index in [-0.39, 0.29) is 0 Å². The first-order valence-electron chi connectivity index (χ1n) is 3.32. The number of aromatic nitrogens is 1. The molecule has 0 unspecified atom stereocenters. The molecule has 8 heteroatoms. The summed E-state index contributed by atoms with van der Waals surface area (Å²) >= 11 is 0. The van der Waals surface area contributed by atoms with Crippen molar-refractivity contribution in [3.05, 3.63) is 27.8 Å². The van der Waals surface area contributed by atoms with Crippen LogP contribution in [0.15, 0.2) is 6.07 Å². The third-order valence-electron chi connectivity index (χ3n) is 1.44. The molecule has 0 amide bonds. The van der Waals surface area contributed by atoms with Gasteiger partial charge in [-0.15, -0.1) is 0 Å². The van der Waals surface area contributed by atoms with Crippen LogP contribution in [0.2, 0.25) is 0 Å². The van der Waals surface area contributed by atoms with Crippen LogP contribution in [0.4, 0.5) is 24.5 Å². The van der Waals surface area contributed by atoms with Gasteiger partial charge in [0.15, 0.2) is 0 Å². The van der Waals surface area contributed by atoms with Crippen LogP contribution in [-0.2, 0) is 0 Å². The Balaban J connectivity index is 3.40. The first-order chi connectivity index (χ1) is 6.43. The molecule has 0 fully saturated rings. The Labute approximate surface area is 75.5 Å². The van der Waals surface area contributed by atoms with Gasteiger partial charge >= 0.3 is 0 Å². The van der Waals surface area contributed by atoms with Crippen LogP contribution in [-0.4, -0.2) is 9.91 Å². The summed E-state index contributed by atoms with van der Waals surface area (Å²) < 4.78 is 36.8. The SMILES string of the molecule is Nc1c([N+](=O)[O-])cc(F)nc1C(F)F. The number of hydrogen-bond acceptors (Lipinski definition) is 4. The van der Waals surface area contributed by atoms with Gasteiger partial charge in [0.2, 0.25) is 5.95 Å². The standard InChI is InChI=1S/C6H4F3N3O2/c7-3-1-2(12(13)14)4(10)5(11-3)6(8)9/h1,6H,10H2. The molecule has 0 aliphatic rings. The molecule has 5 nitrogen and oxygen atoms in total. The van der Waals surface area contributed by atoms with Gasteiger partial charge < -0.3 is 5.73 Å². The van der Waals surface area contributed by atoms with Gasteiger partial charge in [0.05, 0.1) is 11.0 Å². The third-order valence-corrected chi connectivity index (χ3v) is 1.44. The number of nitrogens with two attached hydrogens (primary N) is 1. The number of nitrogens with zero attached hydrogens (tertiary/aromatic N) is 2. The molecule has 0 radical (unpaired) electrons. The monoisotopic (exact) mass is 207 g/mol. The number of anilines is 1. The molecule has 0 atom stereocenters. The molecule has 0 spiro atoms. The maximum absolute atomic E-state index is 12.5. The van der Waals surface area contributed by atoms with Crippen LogP contribution in [0.25, 0.3) is 0 Å². The van der Waals surface area contributed by atoms with Crippen LogP contribution >= 0.6 is 0 Å². The highest BCUT2D eigenvalue weighted by Crippen LogP contribution is 2.30. The van der Waals surface area contributed by atoms with E-state index in [0.29, 0.717) is 6.07 Å². The Kier molecular flexibility index (Phi) is 2.54. The zero-order chi connectivity index (χ0) is 10.9. The quantitative estimate of drug-likeness (QED) is 0.454. The highest BCUT2D eigenvalue weighted by molar-refractivity contribution is 5.60. The van der Waals surface area contributed by atoms with E-state index in [1.165, 1.54) is 0 Å². The first kappa shape index (κ1) is 10.2. The van der Waals surface area contributed by atoms with Crippen LogP contribution in [0, 0.1) is 16.1 Å². The van der Waals surface area contributed by atoms with E-state index in [2.05, 4.69) is 4.98 Å². The lowest BCUT2D eigenvalue weighted by molar-refractivity contribution is -0.384. The molecule has 2 N–H and O–H groups in total. The van der Waals surface area contributed by atoms with Gasteiger partial charge in [-0.25, -0.2) is 13.8 Å². The summed E-state index contributed by atoms with van der Waals surface area (Å²) in [6, 6.07) is 0.390. The van der Waals surface area contributed by atoms with Crippen molar-refractivity contribution in [3.63, 3.8) is 0 Å². The maximum atomic E-state index is 12.5. The molecular formula is C6H4F3N3O2. The fraction of sp³-hybridized carbons (Fsp3) is 0.167. The van der Waals surface area contributed by atoms with Crippen LogP contribution in [0.5, 0.6) is 0 Å². The summed E-state index contributed by atoms with van der Waals surface area (Å²) in [5.74, 6) is -1.36. The van der Waals surface area contributed by atoms with Crippen molar-refractivity contribution >= 4 is 11.4 Å². The largest absolute Gasteiger partial charge is 0.391 e. The minimum atomic E-state index is -3.15. The zero-order valence-corrected chi connectivity index (χ0v) is 6.58. The van der Waals surface area contributed by atoms with Crippen molar-refractivity contribution in [2.75, 3.05) is 5.73 Å². The summed E-state index contributed by atoms with van der Waals surface area (Å²) in [6.45, 7) is 0. The normalized spacial score (nSPS) is 10.6. The maximum Gasteiger partial charge on any atom is 0.298 e. The topological polar surface area (TPSA) is 82.0 Å². The predicted molar refractivity (Wildman–Crippen MR) is 40.2 cm³/mol. The van der Waals surface area contributed by atoms with Gasteiger partial charge in [0, 0.05) is 0 Å². The van der Waals surface area contributed by atoms with E-state index in [0.717, 1.165) is 0 Å². The van der Waals surface area contributed by atoms with E-state index in [1.807, 2.05) is 0 Å². The van der Waals surface area contributed by atoms with Crippen molar-refractivity contribution in [2.45, 2.75) is 6.43 Å². The molecule has 0 saturated heterocycles. The van der Waals surface area contributed by atoms with Gasteiger partial charge in [0.25, 0.3) is 12.1 Å². The molecule has 0 bridgehead atoms. The molecule has 1 rings (SSSR count). The Morgan fingerprint density at radius 1 is 1.57 bits per heavy atom. The summed E-state index contributed by atoms with van der Waals surface area (Å²) in [5, 5.41) is 10.2. The number of halogens is 3. The number of pyridine rings is 1. The van der Waals surface area contributed by atoms with Crippen molar-refractivity contribution < 1.29 is 18.1 Å². The van der Waals surface area contributed by atoms with Crippen LogP contribution in [0.3, 0.4) is 0 Å². The van der Waals surface area contributed by atoms with E-state index >= 15 is 0 Å². The first-order valence-corrected chi connectivity index (χ1v) is 3.32. The van der Waals surface area contributed by atoms with Crippen molar-refractivity contribution in [2.24, 2.45) is 0 Å². The highest BCUT2D eigenvalue weighted by Gasteiger charge is 2.23. The second-order valence-corrected chi connectivity index (χ2v) is 2.32. The van der Waals surface area contributed by atoms with E-state index < -0.39 is 34.4 Å². The lowest BCUT2D eigenvalue weighted by Crippen LogP contribution is -2.05. The second-order valence-electron chi connectivity index (χ2n) is 2.32. The van der Waals surface area contributed by atoms with Gasteiger partial charge in [-0.3, -0.25) is 10.1 Å². The Bertz CT molecular complexity index is 383. The summed E-state index contributed by atoms with van der Waals surface area (Å²) in [5.41, 5.74) is 2.17. The summed E-state index contributed by atoms with van der Waals surface area (Å²) in [7, 11) is 0. The molecule has 1 aromatic heterocycles. The van der Waals surface area contributed by atoms with Crippen molar-refractivity contribution in [3.8, 4) is 0 Å². The molecule has 76 valence electrons. The van der Waals surface area contributed by atoms with Gasteiger partial charge in [0.1, 0.15) is 11.4 Å². The molecule has 0 saturated carbocycles. The van der Waals surface area contributed by atoms with Gasteiger partial charge in [-0.1, -0.05) is 0 Å². The molecule has 0 aliphatic carbocycles. The van der Waals surface area contributed by atoms with Crippen molar-refractivity contribution in [1.29, 1.82) is 0 Å². The molecule has 1 aromatic rings. The van der Waals surface area contributed by atoms with E-state index in [1.54, 1.807) is 0 Å². The minimum Gasteiger partial charge on any atom is -0.391 e. The molecule has 0 aliphatic heterocycles. The highest BCUT2D eigenvalue weighted by atomic mass is 19.3. The van der Waals surface area contributed by atoms with E-state index in [4.69, 9.17) is 5.73 Å². The fourth-order valence-electron chi connectivity index (χ4n) is 0.847. The molecule has 14 heavy (non-hydrogen) atoms. The van der Waals surface area contributed by atoms with Gasteiger partial charge in [-0.2, -0.15) is 4.39 Å². The predicted octanol–water partition coefficient (Wildman–Crippen LogP) is 1.65. The second kappa shape index (κ2) is 3.48. The molecule has 1 heterocycles. The number of rotatable bonds is 2. The fourth-order valence-corrected chi connectivity index (χ4v) is 0.847. The van der Waals surface area contributed by atoms with E-state index in [9.17, 15) is 23.3 Å². The number of hydrogen-bond donors (Lipinski definition) is 1. The number of nitro groups is 1. The Morgan fingerprint density at radius 3 is 2.57 bits per heavy atom. The summed E-state index contributed by atoms with van der Waals surface area (Å²) in [4.78, 5) is 12.0. The molecular weight excluding hydrogens is 203 g/mol. The Hall–Kier alpha value is -1.86. The number of alkyl halides is 2. The van der Waals surface area contributed by atoms with Gasteiger partial charge in [-0.05, 0) is 0 Å². The Morgan fingerprint density at radius 2 is 2.14 bits per heavy atom. The average Bonchev–Trinajstić information content (AvgIpc) is 2.07. The minimum absolute atomic E-state index is 0.390. The van der Waals surface area contributed by atoms with Crippen LogP contribution < -0.4 is 5.73 Å². The molecule has 0 aromatic carbocycles. The lowest BCUT2D eigenvalue weighted by Gasteiger charge is -2.03. The summed E-state index contributed by atoms with van der Waals surface area (Å²) in [6.07, 6.45) is -3.15. The van der Waals surface area contributed by atoms with Crippen molar-refractivity contribution in [1.82, 2.24) is 4.98 Å². The third kappa shape index (κ3) is 1.73. The lowest BCUT2D eigenvalue weighted by atomic mass is 10.2. The average molecular weight is 207 g/mol. The zero-order valence-electron chi connectivity index (χ0n) is 6.58. The van der Waals surface area contributed by atoms with Crippen LogP contribution in [0.1, 0.15) is 12.1 Å². The smallest absolute Gasteiger partial charge is 0.298 e.